The highest BCUT2D eigenvalue weighted by Crippen LogP contribution is 2.48. The molecule has 0 saturated heterocycles. The minimum Gasteiger partial charge on any atom is -0.481 e. The van der Waals surface area contributed by atoms with Crippen LogP contribution in [0.5, 0.6) is 0 Å². The highest BCUT2D eigenvalue weighted by Gasteiger charge is 2.52. The number of hydrogen-bond donors (Lipinski definition) is 1. The average Bonchev–Trinajstić information content (AvgIpc) is 2.98. The number of fused-ring (bicyclic) bond motifs is 2. The number of carboxylic acids is 1. The van der Waals surface area contributed by atoms with Crippen molar-refractivity contribution >= 4 is 11.9 Å². The van der Waals surface area contributed by atoms with Gasteiger partial charge in [-0.3, -0.25) is 9.59 Å². The minimum absolute atomic E-state index is 0.0352. The van der Waals surface area contributed by atoms with Crippen LogP contribution in [0, 0.1) is 23.7 Å². The van der Waals surface area contributed by atoms with Crippen molar-refractivity contribution in [3.63, 3.8) is 0 Å². The Bertz CT molecular complexity index is 480. The van der Waals surface area contributed by atoms with Crippen molar-refractivity contribution in [3.8, 4) is 0 Å². The molecule has 1 amide bonds. The molecule has 4 heteroatoms. The second-order valence-electron chi connectivity index (χ2n) is 5.92. The standard InChI is InChI=1S/C15H19NO3/c1-9-4-6-16(7-5-9)14(17)12-10-2-3-11(8-10)13(12)15(18)19/h2-4,10-13H,5-8H2,1H3,(H,18,19)/t10?,11?,12-,13+/m0/s1. The van der Waals surface area contributed by atoms with Crippen LogP contribution in [0.3, 0.4) is 0 Å². The first-order chi connectivity index (χ1) is 9.08. The predicted octanol–water partition coefficient (Wildman–Crippen LogP) is 1.69. The molecule has 3 rings (SSSR count). The zero-order chi connectivity index (χ0) is 13.6. The van der Waals surface area contributed by atoms with Gasteiger partial charge in [-0.1, -0.05) is 23.8 Å². The van der Waals surface area contributed by atoms with E-state index in [0.717, 1.165) is 19.4 Å². The van der Waals surface area contributed by atoms with E-state index in [1.807, 2.05) is 17.1 Å². The molecule has 2 unspecified atom stereocenters. The monoisotopic (exact) mass is 261 g/mol. The fourth-order valence-electron chi connectivity index (χ4n) is 3.68. The number of carbonyl (C=O) groups excluding carboxylic acids is 1. The number of rotatable bonds is 2. The van der Waals surface area contributed by atoms with E-state index < -0.39 is 11.9 Å². The lowest BCUT2D eigenvalue weighted by atomic mass is 9.82. The molecule has 0 radical (unpaired) electrons. The number of hydrogen-bond acceptors (Lipinski definition) is 2. The van der Waals surface area contributed by atoms with Crippen molar-refractivity contribution in [1.29, 1.82) is 0 Å². The van der Waals surface area contributed by atoms with Crippen LogP contribution in [0.1, 0.15) is 19.8 Å². The summed E-state index contributed by atoms with van der Waals surface area (Å²) in [6.45, 7) is 3.43. The van der Waals surface area contributed by atoms with Crippen LogP contribution in [-0.2, 0) is 9.59 Å². The molecule has 4 atom stereocenters. The van der Waals surface area contributed by atoms with E-state index in [1.165, 1.54) is 5.57 Å². The Balaban J connectivity index is 1.79. The Morgan fingerprint density at radius 1 is 1.26 bits per heavy atom. The third-order valence-corrected chi connectivity index (χ3v) is 4.78. The lowest BCUT2D eigenvalue weighted by molar-refractivity contribution is -0.150. The smallest absolute Gasteiger partial charge is 0.307 e. The maximum Gasteiger partial charge on any atom is 0.307 e. The van der Waals surface area contributed by atoms with E-state index in [2.05, 4.69) is 13.0 Å². The fraction of sp³-hybridized carbons (Fsp3) is 0.600. The zero-order valence-corrected chi connectivity index (χ0v) is 11.1. The van der Waals surface area contributed by atoms with E-state index in [0.29, 0.717) is 6.54 Å². The molecule has 1 fully saturated rings. The molecule has 0 aromatic rings. The second kappa shape index (κ2) is 4.51. The molecule has 19 heavy (non-hydrogen) atoms. The summed E-state index contributed by atoms with van der Waals surface area (Å²) < 4.78 is 0. The number of carbonyl (C=O) groups is 2. The lowest BCUT2D eigenvalue weighted by Gasteiger charge is -2.32. The largest absolute Gasteiger partial charge is 0.481 e. The number of allylic oxidation sites excluding steroid dienone is 2. The summed E-state index contributed by atoms with van der Waals surface area (Å²) in [6.07, 6.45) is 7.82. The second-order valence-corrected chi connectivity index (χ2v) is 5.92. The molecule has 2 bridgehead atoms. The summed E-state index contributed by atoms with van der Waals surface area (Å²) in [6, 6.07) is 0. The maximum absolute atomic E-state index is 12.6. The topological polar surface area (TPSA) is 57.6 Å². The van der Waals surface area contributed by atoms with Gasteiger partial charge in [0, 0.05) is 13.1 Å². The third kappa shape index (κ3) is 1.99. The highest BCUT2D eigenvalue weighted by molar-refractivity contribution is 5.87. The molecule has 3 aliphatic rings. The van der Waals surface area contributed by atoms with E-state index >= 15 is 0 Å². The number of amides is 1. The van der Waals surface area contributed by atoms with E-state index in [9.17, 15) is 14.7 Å². The lowest BCUT2D eigenvalue weighted by Crippen LogP contribution is -2.44. The van der Waals surface area contributed by atoms with Crippen LogP contribution < -0.4 is 0 Å². The van der Waals surface area contributed by atoms with Gasteiger partial charge >= 0.3 is 5.97 Å². The van der Waals surface area contributed by atoms with Gasteiger partial charge in [-0.2, -0.15) is 0 Å². The van der Waals surface area contributed by atoms with E-state index in [-0.39, 0.29) is 23.7 Å². The number of aliphatic carboxylic acids is 1. The van der Waals surface area contributed by atoms with Gasteiger partial charge in [0.15, 0.2) is 0 Å². The third-order valence-electron chi connectivity index (χ3n) is 4.78. The molecule has 1 N–H and O–H groups in total. The first-order valence-corrected chi connectivity index (χ1v) is 6.93. The van der Waals surface area contributed by atoms with Gasteiger partial charge in [0.2, 0.25) is 5.91 Å². The van der Waals surface area contributed by atoms with Crippen molar-refractivity contribution in [2.24, 2.45) is 23.7 Å². The predicted molar refractivity (Wildman–Crippen MR) is 70.3 cm³/mol. The van der Waals surface area contributed by atoms with Crippen molar-refractivity contribution in [3.05, 3.63) is 23.8 Å². The fourth-order valence-corrected chi connectivity index (χ4v) is 3.68. The molecule has 2 aliphatic carbocycles. The summed E-state index contributed by atoms with van der Waals surface area (Å²) in [5, 5.41) is 9.38. The Hall–Kier alpha value is -1.58. The summed E-state index contributed by atoms with van der Waals surface area (Å²) >= 11 is 0. The quantitative estimate of drug-likeness (QED) is 0.769. The summed E-state index contributed by atoms with van der Waals surface area (Å²) in [4.78, 5) is 25.9. The van der Waals surface area contributed by atoms with Crippen LogP contribution in [-0.4, -0.2) is 35.0 Å². The summed E-state index contributed by atoms with van der Waals surface area (Å²) in [7, 11) is 0. The van der Waals surface area contributed by atoms with Crippen LogP contribution in [0.25, 0.3) is 0 Å². The maximum atomic E-state index is 12.6. The average molecular weight is 261 g/mol. The molecule has 0 spiro atoms. The molecular formula is C15H19NO3. The molecule has 0 aromatic heterocycles. The van der Waals surface area contributed by atoms with Crippen LogP contribution in [0.2, 0.25) is 0 Å². The summed E-state index contributed by atoms with van der Waals surface area (Å²) in [5.41, 5.74) is 1.31. The first kappa shape index (κ1) is 12.5. The summed E-state index contributed by atoms with van der Waals surface area (Å²) in [5.74, 6) is -1.47. The number of nitrogens with zero attached hydrogens (tertiary/aromatic N) is 1. The Morgan fingerprint density at radius 3 is 2.53 bits per heavy atom. The van der Waals surface area contributed by atoms with Crippen molar-refractivity contribution in [2.45, 2.75) is 19.8 Å². The van der Waals surface area contributed by atoms with Crippen molar-refractivity contribution in [1.82, 2.24) is 4.90 Å². The molecule has 4 nitrogen and oxygen atoms in total. The van der Waals surface area contributed by atoms with Crippen molar-refractivity contribution in [2.75, 3.05) is 13.1 Å². The van der Waals surface area contributed by atoms with Crippen molar-refractivity contribution < 1.29 is 14.7 Å². The molecule has 1 saturated carbocycles. The van der Waals surface area contributed by atoms with Gasteiger partial charge in [-0.05, 0) is 31.6 Å². The molecular weight excluding hydrogens is 242 g/mol. The van der Waals surface area contributed by atoms with Crippen LogP contribution in [0.15, 0.2) is 23.8 Å². The van der Waals surface area contributed by atoms with Gasteiger partial charge < -0.3 is 10.0 Å². The minimum atomic E-state index is -0.820. The Kier molecular flexibility index (Phi) is 2.96. The van der Waals surface area contributed by atoms with Gasteiger partial charge in [0.05, 0.1) is 11.8 Å². The zero-order valence-electron chi connectivity index (χ0n) is 11.1. The normalized spacial score (nSPS) is 36.5. The van der Waals surface area contributed by atoms with Gasteiger partial charge in [-0.25, -0.2) is 0 Å². The Labute approximate surface area is 112 Å². The molecule has 0 aromatic carbocycles. The van der Waals surface area contributed by atoms with E-state index in [1.54, 1.807) is 0 Å². The van der Waals surface area contributed by atoms with Gasteiger partial charge in [0.25, 0.3) is 0 Å². The van der Waals surface area contributed by atoms with Gasteiger partial charge in [0.1, 0.15) is 0 Å². The SMILES string of the molecule is CC1=CCN(C(=O)[C@H]2C3C=CC(C3)[C@H]2C(=O)O)CC1. The van der Waals surface area contributed by atoms with Crippen LogP contribution >= 0.6 is 0 Å². The molecule has 102 valence electrons. The van der Waals surface area contributed by atoms with E-state index in [4.69, 9.17) is 0 Å². The Morgan fingerprint density at radius 2 is 1.95 bits per heavy atom. The number of carboxylic acid groups (broad SMARTS) is 1. The van der Waals surface area contributed by atoms with Crippen LogP contribution in [0.4, 0.5) is 0 Å². The molecule has 1 heterocycles. The highest BCUT2D eigenvalue weighted by atomic mass is 16.4. The van der Waals surface area contributed by atoms with Gasteiger partial charge in [-0.15, -0.1) is 0 Å². The first-order valence-electron chi connectivity index (χ1n) is 6.93. The molecule has 1 aliphatic heterocycles.